The van der Waals surface area contributed by atoms with Crippen LogP contribution < -0.4 is 15.4 Å². The van der Waals surface area contributed by atoms with Gasteiger partial charge in [0.25, 0.3) is 11.8 Å². The molecule has 2 rings (SSSR count). The number of rotatable bonds is 8. The zero-order chi connectivity index (χ0) is 18.9. The quantitative estimate of drug-likeness (QED) is 0.766. The van der Waals surface area contributed by atoms with Crippen molar-refractivity contribution in [3.63, 3.8) is 0 Å². The van der Waals surface area contributed by atoms with Crippen molar-refractivity contribution < 1.29 is 14.3 Å². The SMILES string of the molecule is COc1cccc(CCNC(=O)c2cccc(C(=O)NCC(C)C)c2)c1. The number of methoxy groups -OCH3 is 1. The van der Waals surface area contributed by atoms with Gasteiger partial charge in [0.2, 0.25) is 0 Å². The van der Waals surface area contributed by atoms with Crippen LogP contribution in [-0.2, 0) is 6.42 Å². The first-order chi connectivity index (χ1) is 12.5. The summed E-state index contributed by atoms with van der Waals surface area (Å²) in [7, 11) is 1.63. The topological polar surface area (TPSA) is 67.4 Å². The molecule has 0 aliphatic heterocycles. The van der Waals surface area contributed by atoms with Gasteiger partial charge in [-0.15, -0.1) is 0 Å². The van der Waals surface area contributed by atoms with Crippen molar-refractivity contribution in [3.05, 3.63) is 65.2 Å². The lowest BCUT2D eigenvalue weighted by molar-refractivity contribution is 0.0949. The lowest BCUT2D eigenvalue weighted by Crippen LogP contribution is -2.28. The molecule has 26 heavy (non-hydrogen) atoms. The molecular formula is C21H26N2O3. The molecule has 2 N–H and O–H groups in total. The third-order valence-electron chi connectivity index (χ3n) is 3.89. The van der Waals surface area contributed by atoms with Crippen LogP contribution in [-0.4, -0.2) is 32.0 Å². The Labute approximate surface area is 154 Å². The van der Waals surface area contributed by atoms with Gasteiger partial charge in [0.1, 0.15) is 5.75 Å². The van der Waals surface area contributed by atoms with Gasteiger partial charge in [0, 0.05) is 24.2 Å². The summed E-state index contributed by atoms with van der Waals surface area (Å²) < 4.78 is 5.20. The minimum atomic E-state index is -0.189. The van der Waals surface area contributed by atoms with Gasteiger partial charge in [-0.1, -0.05) is 32.0 Å². The van der Waals surface area contributed by atoms with Crippen LogP contribution in [0.2, 0.25) is 0 Å². The molecular weight excluding hydrogens is 328 g/mol. The van der Waals surface area contributed by atoms with E-state index in [1.165, 1.54) is 0 Å². The smallest absolute Gasteiger partial charge is 0.251 e. The third-order valence-corrected chi connectivity index (χ3v) is 3.89. The number of carbonyl (C=O) groups excluding carboxylic acids is 2. The molecule has 0 saturated heterocycles. The highest BCUT2D eigenvalue weighted by Gasteiger charge is 2.10. The van der Waals surface area contributed by atoms with Crippen molar-refractivity contribution in [1.29, 1.82) is 0 Å². The maximum absolute atomic E-state index is 12.3. The summed E-state index contributed by atoms with van der Waals surface area (Å²) in [4.78, 5) is 24.5. The van der Waals surface area contributed by atoms with Crippen molar-refractivity contribution in [1.82, 2.24) is 10.6 Å². The lowest BCUT2D eigenvalue weighted by atomic mass is 10.1. The Morgan fingerprint density at radius 2 is 1.62 bits per heavy atom. The van der Waals surface area contributed by atoms with E-state index >= 15 is 0 Å². The Balaban J connectivity index is 1.90. The van der Waals surface area contributed by atoms with Crippen LogP contribution in [0.4, 0.5) is 0 Å². The molecule has 2 amide bonds. The molecule has 0 aliphatic rings. The number of nitrogens with one attached hydrogen (secondary N) is 2. The lowest BCUT2D eigenvalue weighted by Gasteiger charge is -2.09. The molecule has 0 saturated carbocycles. The Morgan fingerprint density at radius 1 is 0.962 bits per heavy atom. The zero-order valence-electron chi connectivity index (χ0n) is 15.5. The summed E-state index contributed by atoms with van der Waals surface area (Å²) in [5, 5.41) is 5.75. The predicted octanol–water partition coefficient (Wildman–Crippen LogP) is 3.05. The summed E-state index contributed by atoms with van der Waals surface area (Å²) >= 11 is 0. The molecule has 0 aromatic heterocycles. The number of ether oxygens (including phenoxy) is 1. The van der Waals surface area contributed by atoms with E-state index in [0.29, 0.717) is 36.6 Å². The van der Waals surface area contributed by atoms with Crippen molar-refractivity contribution in [2.45, 2.75) is 20.3 Å². The molecule has 0 heterocycles. The summed E-state index contributed by atoms with van der Waals surface area (Å²) in [6.07, 6.45) is 0.706. The average molecular weight is 354 g/mol. The Hall–Kier alpha value is -2.82. The van der Waals surface area contributed by atoms with Crippen LogP contribution in [0.25, 0.3) is 0 Å². The number of hydrogen-bond donors (Lipinski definition) is 2. The van der Waals surface area contributed by atoms with E-state index in [1.807, 2.05) is 38.1 Å². The van der Waals surface area contributed by atoms with Gasteiger partial charge in [0.15, 0.2) is 0 Å². The summed E-state index contributed by atoms with van der Waals surface area (Å²) in [5.74, 6) is 0.826. The van der Waals surface area contributed by atoms with Crippen molar-refractivity contribution in [2.24, 2.45) is 5.92 Å². The molecule has 138 valence electrons. The molecule has 0 bridgehead atoms. The minimum absolute atomic E-state index is 0.162. The van der Waals surface area contributed by atoms with E-state index < -0.39 is 0 Å². The van der Waals surface area contributed by atoms with Gasteiger partial charge in [-0.3, -0.25) is 9.59 Å². The first-order valence-corrected chi connectivity index (χ1v) is 8.79. The second kappa shape index (κ2) is 9.61. The maximum atomic E-state index is 12.3. The molecule has 2 aromatic carbocycles. The van der Waals surface area contributed by atoms with Crippen molar-refractivity contribution in [3.8, 4) is 5.75 Å². The van der Waals surface area contributed by atoms with E-state index in [0.717, 1.165) is 11.3 Å². The van der Waals surface area contributed by atoms with Crippen LogP contribution in [0, 0.1) is 5.92 Å². The fraction of sp³-hybridized carbons (Fsp3) is 0.333. The highest BCUT2D eigenvalue weighted by molar-refractivity contribution is 5.99. The van der Waals surface area contributed by atoms with Gasteiger partial charge in [-0.05, 0) is 48.2 Å². The number of benzene rings is 2. The third kappa shape index (κ3) is 5.92. The molecule has 2 aromatic rings. The molecule has 0 radical (unpaired) electrons. The predicted molar refractivity (Wildman–Crippen MR) is 103 cm³/mol. The molecule has 5 heteroatoms. The van der Waals surface area contributed by atoms with E-state index in [2.05, 4.69) is 10.6 Å². The molecule has 0 aliphatic carbocycles. The summed E-state index contributed by atoms with van der Waals surface area (Å²) in [5.41, 5.74) is 2.06. The highest BCUT2D eigenvalue weighted by atomic mass is 16.5. The second-order valence-electron chi connectivity index (χ2n) is 6.54. The Bertz CT molecular complexity index is 756. The van der Waals surface area contributed by atoms with E-state index in [1.54, 1.807) is 31.4 Å². The molecule has 0 atom stereocenters. The number of carbonyl (C=O) groups is 2. The molecule has 0 fully saturated rings. The van der Waals surface area contributed by atoms with Gasteiger partial charge >= 0.3 is 0 Å². The first-order valence-electron chi connectivity index (χ1n) is 8.79. The van der Waals surface area contributed by atoms with Crippen LogP contribution in [0.5, 0.6) is 5.75 Å². The van der Waals surface area contributed by atoms with Crippen LogP contribution in [0.15, 0.2) is 48.5 Å². The monoisotopic (exact) mass is 354 g/mol. The van der Waals surface area contributed by atoms with Crippen LogP contribution in [0.1, 0.15) is 40.1 Å². The highest BCUT2D eigenvalue weighted by Crippen LogP contribution is 2.12. The second-order valence-corrected chi connectivity index (χ2v) is 6.54. The fourth-order valence-electron chi connectivity index (χ4n) is 2.45. The number of amides is 2. The van der Waals surface area contributed by atoms with Crippen LogP contribution >= 0.6 is 0 Å². The van der Waals surface area contributed by atoms with Gasteiger partial charge in [-0.2, -0.15) is 0 Å². The van der Waals surface area contributed by atoms with Gasteiger partial charge in [0.05, 0.1) is 7.11 Å². The molecule has 0 unspecified atom stereocenters. The normalized spacial score (nSPS) is 10.5. The average Bonchev–Trinajstić information content (AvgIpc) is 2.66. The Kier molecular flexibility index (Phi) is 7.21. The first kappa shape index (κ1) is 19.5. The Morgan fingerprint density at radius 3 is 2.27 bits per heavy atom. The van der Waals surface area contributed by atoms with E-state index in [9.17, 15) is 9.59 Å². The molecule has 5 nitrogen and oxygen atoms in total. The van der Waals surface area contributed by atoms with Crippen molar-refractivity contribution >= 4 is 11.8 Å². The molecule has 0 spiro atoms. The minimum Gasteiger partial charge on any atom is -0.497 e. The van der Waals surface area contributed by atoms with Crippen molar-refractivity contribution in [2.75, 3.05) is 20.2 Å². The van der Waals surface area contributed by atoms with Gasteiger partial charge in [-0.25, -0.2) is 0 Å². The largest absolute Gasteiger partial charge is 0.497 e. The van der Waals surface area contributed by atoms with E-state index in [4.69, 9.17) is 4.74 Å². The van der Waals surface area contributed by atoms with Crippen LogP contribution in [0.3, 0.4) is 0 Å². The maximum Gasteiger partial charge on any atom is 0.251 e. The number of hydrogen-bond acceptors (Lipinski definition) is 3. The summed E-state index contributed by atoms with van der Waals surface area (Å²) in [6, 6.07) is 14.5. The van der Waals surface area contributed by atoms with Gasteiger partial charge < -0.3 is 15.4 Å². The van der Waals surface area contributed by atoms with E-state index in [-0.39, 0.29) is 11.8 Å². The zero-order valence-corrected chi connectivity index (χ0v) is 15.5. The fourth-order valence-corrected chi connectivity index (χ4v) is 2.45. The standard InChI is InChI=1S/C21H26N2O3/c1-15(2)14-23-21(25)18-8-5-7-17(13-18)20(24)22-11-10-16-6-4-9-19(12-16)26-3/h4-9,12-13,15H,10-11,14H2,1-3H3,(H,22,24)(H,23,25). The summed E-state index contributed by atoms with van der Waals surface area (Å²) in [6.45, 7) is 5.19.